The second-order valence-electron chi connectivity index (χ2n) is 7.05. The van der Waals surface area contributed by atoms with Gasteiger partial charge in [0.15, 0.2) is 0 Å². The predicted octanol–water partition coefficient (Wildman–Crippen LogP) is 3.03. The van der Waals surface area contributed by atoms with Crippen molar-refractivity contribution in [2.75, 3.05) is 38.2 Å². The summed E-state index contributed by atoms with van der Waals surface area (Å²) in [6.45, 7) is 2.59. The van der Waals surface area contributed by atoms with Gasteiger partial charge in [0, 0.05) is 43.2 Å². The Balaban J connectivity index is 1.55. The number of benzene rings is 2. The van der Waals surface area contributed by atoms with Gasteiger partial charge in [-0.1, -0.05) is 12.1 Å². The number of methoxy groups -OCH3 is 1. The first kappa shape index (κ1) is 19.0. The van der Waals surface area contributed by atoms with Gasteiger partial charge >= 0.3 is 0 Å². The minimum absolute atomic E-state index is 0.118. The number of halogens is 1. The van der Waals surface area contributed by atoms with E-state index < -0.39 is 5.82 Å². The van der Waals surface area contributed by atoms with Gasteiger partial charge in [-0.2, -0.15) is 0 Å². The molecule has 7 heteroatoms. The van der Waals surface area contributed by atoms with E-state index in [9.17, 15) is 14.0 Å². The summed E-state index contributed by atoms with van der Waals surface area (Å²) in [4.78, 5) is 30.9. The number of rotatable bonds is 3. The number of H-pyrrole nitrogens is 1. The van der Waals surface area contributed by atoms with Crippen LogP contribution in [0.4, 0.5) is 10.1 Å². The summed E-state index contributed by atoms with van der Waals surface area (Å²) in [5.74, 6) is -0.00855. The Morgan fingerprint density at radius 2 is 1.90 bits per heavy atom. The van der Waals surface area contributed by atoms with Crippen LogP contribution in [0, 0.1) is 5.82 Å². The molecule has 1 fully saturated rings. The summed E-state index contributed by atoms with van der Waals surface area (Å²) in [6, 6.07) is 13.5. The van der Waals surface area contributed by atoms with Crippen molar-refractivity contribution in [2.24, 2.45) is 0 Å². The fourth-order valence-corrected chi connectivity index (χ4v) is 3.78. The maximum atomic E-state index is 14.4. The molecule has 1 aliphatic heterocycles. The van der Waals surface area contributed by atoms with Gasteiger partial charge in [-0.25, -0.2) is 4.39 Å². The number of amides is 1. The molecule has 4 rings (SSSR count). The third-order valence-electron chi connectivity index (χ3n) is 5.24. The largest absolute Gasteiger partial charge is 0.495 e. The Morgan fingerprint density at radius 1 is 1.07 bits per heavy atom. The number of para-hydroxylation sites is 2. The van der Waals surface area contributed by atoms with Gasteiger partial charge in [0.1, 0.15) is 11.6 Å². The molecule has 29 heavy (non-hydrogen) atoms. The Kier molecular flexibility index (Phi) is 5.20. The normalized spacial score (nSPS) is 14.7. The second kappa shape index (κ2) is 7.95. The molecule has 0 bridgehead atoms. The zero-order valence-corrected chi connectivity index (χ0v) is 16.2. The van der Waals surface area contributed by atoms with Crippen LogP contribution in [-0.2, 0) is 0 Å². The standard InChI is InChI=1S/C22H22FN3O3/c1-29-19-6-3-2-5-18(19)25-9-4-10-26(12-11-25)22(28)16-13-15-7-8-20(27)24-21(15)17(23)14-16/h2-3,5-8,13-14H,4,9-12H2,1H3,(H,24,27). The number of nitrogens with one attached hydrogen (secondary N) is 1. The quantitative estimate of drug-likeness (QED) is 0.740. The van der Waals surface area contributed by atoms with Crippen LogP contribution >= 0.6 is 0 Å². The van der Waals surface area contributed by atoms with Crippen molar-refractivity contribution in [2.45, 2.75) is 6.42 Å². The molecule has 1 aromatic heterocycles. The van der Waals surface area contributed by atoms with Gasteiger partial charge in [0.05, 0.1) is 18.3 Å². The summed E-state index contributed by atoms with van der Waals surface area (Å²) >= 11 is 0. The number of fused-ring (bicyclic) bond motifs is 1. The molecule has 0 atom stereocenters. The second-order valence-corrected chi connectivity index (χ2v) is 7.05. The molecule has 0 aliphatic carbocycles. The summed E-state index contributed by atoms with van der Waals surface area (Å²) in [7, 11) is 1.65. The predicted molar refractivity (Wildman–Crippen MR) is 110 cm³/mol. The summed E-state index contributed by atoms with van der Waals surface area (Å²) in [5, 5.41) is 0.499. The molecular weight excluding hydrogens is 373 g/mol. The molecule has 1 N–H and O–H groups in total. The molecule has 6 nitrogen and oxygen atoms in total. The van der Waals surface area contributed by atoms with E-state index in [0.717, 1.165) is 24.4 Å². The number of hydrogen-bond donors (Lipinski definition) is 1. The van der Waals surface area contributed by atoms with Crippen LogP contribution in [0.2, 0.25) is 0 Å². The van der Waals surface area contributed by atoms with E-state index in [1.165, 1.54) is 18.2 Å². The van der Waals surface area contributed by atoms with Gasteiger partial charge in [-0.15, -0.1) is 0 Å². The monoisotopic (exact) mass is 395 g/mol. The Labute approximate surface area is 167 Å². The molecule has 1 amide bonds. The highest BCUT2D eigenvalue weighted by molar-refractivity contribution is 5.98. The van der Waals surface area contributed by atoms with Gasteiger partial charge < -0.3 is 19.5 Å². The highest BCUT2D eigenvalue weighted by atomic mass is 19.1. The number of ether oxygens (including phenoxy) is 1. The number of nitrogens with zero attached hydrogens (tertiary/aromatic N) is 2. The lowest BCUT2D eigenvalue weighted by Gasteiger charge is -2.25. The molecule has 1 aliphatic rings. The van der Waals surface area contributed by atoms with Gasteiger partial charge in [-0.05, 0) is 36.8 Å². The Morgan fingerprint density at radius 3 is 2.72 bits per heavy atom. The molecule has 150 valence electrons. The molecule has 3 aromatic rings. The molecule has 0 unspecified atom stereocenters. The first-order valence-electron chi connectivity index (χ1n) is 9.56. The van der Waals surface area contributed by atoms with Crippen molar-refractivity contribution in [1.29, 1.82) is 0 Å². The van der Waals surface area contributed by atoms with Crippen molar-refractivity contribution < 1.29 is 13.9 Å². The Hall–Kier alpha value is -3.35. The Bertz CT molecular complexity index is 1110. The number of carbonyl (C=O) groups excluding carboxylic acids is 1. The summed E-state index contributed by atoms with van der Waals surface area (Å²) in [5.41, 5.74) is 1.03. The lowest BCUT2D eigenvalue weighted by Crippen LogP contribution is -2.35. The fourth-order valence-electron chi connectivity index (χ4n) is 3.78. The first-order valence-corrected chi connectivity index (χ1v) is 9.56. The van der Waals surface area contributed by atoms with Crippen LogP contribution in [0.1, 0.15) is 16.8 Å². The first-order chi connectivity index (χ1) is 14.1. The molecule has 0 spiro atoms. The van der Waals surface area contributed by atoms with Crippen LogP contribution in [0.15, 0.2) is 53.3 Å². The maximum absolute atomic E-state index is 14.4. The van der Waals surface area contributed by atoms with Gasteiger partial charge in [0.25, 0.3) is 5.91 Å². The van der Waals surface area contributed by atoms with Crippen LogP contribution in [0.5, 0.6) is 5.75 Å². The van der Waals surface area contributed by atoms with E-state index in [1.54, 1.807) is 18.1 Å². The van der Waals surface area contributed by atoms with Gasteiger partial charge in [0.2, 0.25) is 5.56 Å². The third kappa shape index (κ3) is 3.81. The van der Waals surface area contributed by atoms with Gasteiger partial charge in [-0.3, -0.25) is 9.59 Å². The number of aromatic amines is 1. The zero-order valence-electron chi connectivity index (χ0n) is 16.2. The van der Waals surface area contributed by atoms with Crippen LogP contribution < -0.4 is 15.2 Å². The van der Waals surface area contributed by atoms with Crippen molar-refractivity contribution in [1.82, 2.24) is 9.88 Å². The number of hydrogen-bond acceptors (Lipinski definition) is 4. The molecule has 0 saturated carbocycles. The lowest BCUT2D eigenvalue weighted by atomic mass is 10.1. The maximum Gasteiger partial charge on any atom is 0.254 e. The number of pyridine rings is 1. The van der Waals surface area contributed by atoms with Crippen LogP contribution in [0.3, 0.4) is 0 Å². The SMILES string of the molecule is COc1ccccc1N1CCCN(C(=O)c2cc(F)c3[nH]c(=O)ccc3c2)CC1. The fraction of sp³-hybridized carbons (Fsp3) is 0.273. The van der Waals surface area contributed by atoms with Crippen molar-refractivity contribution in [3.05, 3.63) is 70.3 Å². The topological polar surface area (TPSA) is 65.6 Å². The van der Waals surface area contributed by atoms with E-state index in [2.05, 4.69) is 9.88 Å². The van der Waals surface area contributed by atoms with E-state index in [-0.39, 0.29) is 22.5 Å². The van der Waals surface area contributed by atoms with E-state index in [1.807, 2.05) is 24.3 Å². The van der Waals surface area contributed by atoms with Crippen molar-refractivity contribution >= 4 is 22.5 Å². The van der Waals surface area contributed by atoms with Crippen molar-refractivity contribution in [3.8, 4) is 5.75 Å². The van der Waals surface area contributed by atoms with E-state index in [0.29, 0.717) is 25.0 Å². The summed E-state index contributed by atoms with van der Waals surface area (Å²) in [6.07, 6.45) is 0.799. The average Bonchev–Trinajstić information content (AvgIpc) is 2.99. The number of anilines is 1. The molecule has 2 heterocycles. The van der Waals surface area contributed by atoms with Crippen LogP contribution in [-0.4, -0.2) is 49.1 Å². The minimum Gasteiger partial charge on any atom is -0.495 e. The molecule has 1 saturated heterocycles. The smallest absolute Gasteiger partial charge is 0.254 e. The third-order valence-corrected chi connectivity index (χ3v) is 5.24. The average molecular weight is 395 g/mol. The number of carbonyl (C=O) groups is 1. The minimum atomic E-state index is -0.603. The number of aromatic nitrogens is 1. The van der Waals surface area contributed by atoms with Crippen molar-refractivity contribution in [3.63, 3.8) is 0 Å². The zero-order chi connectivity index (χ0) is 20.4. The molecule has 0 radical (unpaired) electrons. The van der Waals surface area contributed by atoms with Crippen LogP contribution in [0.25, 0.3) is 10.9 Å². The highest BCUT2D eigenvalue weighted by Crippen LogP contribution is 2.28. The molecular formula is C22H22FN3O3. The summed E-state index contributed by atoms with van der Waals surface area (Å²) < 4.78 is 19.9. The van der Waals surface area contributed by atoms with E-state index >= 15 is 0 Å². The lowest BCUT2D eigenvalue weighted by molar-refractivity contribution is 0.0766. The molecule has 2 aromatic carbocycles. The van der Waals surface area contributed by atoms with E-state index in [4.69, 9.17) is 4.74 Å². The highest BCUT2D eigenvalue weighted by Gasteiger charge is 2.22.